The number of allylic oxidation sites excluding steroid dienone is 1. The monoisotopic (exact) mass is 682 g/mol. The molecule has 5 heteroatoms. The molecule has 0 saturated heterocycles. The third-order valence-electron chi connectivity index (χ3n) is 11.3. The predicted molar refractivity (Wildman–Crippen MR) is 215 cm³/mol. The molecule has 0 saturated carbocycles. The smallest absolute Gasteiger partial charge is 0.164 e. The van der Waals surface area contributed by atoms with E-state index in [1.54, 1.807) is 0 Å². The Morgan fingerprint density at radius 3 is 2.19 bits per heavy atom. The predicted octanol–water partition coefficient (Wildman–Crippen LogP) is 11.8. The summed E-state index contributed by atoms with van der Waals surface area (Å²) < 4.78 is 8.62. The molecule has 0 radical (unpaired) electrons. The molecule has 11 rings (SSSR count). The zero-order chi connectivity index (χ0) is 35.3. The molecule has 9 aromatic rings. The van der Waals surface area contributed by atoms with Crippen molar-refractivity contribution in [1.82, 2.24) is 19.5 Å². The van der Waals surface area contributed by atoms with Crippen LogP contribution in [0, 0.1) is 0 Å². The van der Waals surface area contributed by atoms with E-state index in [9.17, 15) is 0 Å². The summed E-state index contributed by atoms with van der Waals surface area (Å²) in [5.74, 6) is 3.03. The van der Waals surface area contributed by atoms with Gasteiger partial charge in [-0.25, -0.2) is 15.0 Å². The molecule has 2 aliphatic rings. The van der Waals surface area contributed by atoms with Crippen molar-refractivity contribution < 1.29 is 4.42 Å². The van der Waals surface area contributed by atoms with Crippen molar-refractivity contribution in [2.24, 2.45) is 0 Å². The van der Waals surface area contributed by atoms with Crippen LogP contribution < -0.4 is 0 Å². The number of aryl methyl sites for hydroxylation is 1. The molecular formula is C48H34N4O. The van der Waals surface area contributed by atoms with Crippen LogP contribution in [0.15, 0.2) is 144 Å². The van der Waals surface area contributed by atoms with Crippen LogP contribution in [0.2, 0.25) is 0 Å². The average Bonchev–Trinajstić information content (AvgIpc) is 3.83. The van der Waals surface area contributed by atoms with Gasteiger partial charge in [-0.15, -0.1) is 0 Å². The number of aromatic nitrogens is 4. The topological polar surface area (TPSA) is 56.7 Å². The van der Waals surface area contributed by atoms with Crippen molar-refractivity contribution in [2.45, 2.75) is 32.1 Å². The summed E-state index contributed by atoms with van der Waals surface area (Å²) in [5, 5.41) is 3.67. The molecule has 0 unspecified atom stereocenters. The van der Waals surface area contributed by atoms with Gasteiger partial charge in [0.05, 0.1) is 11.0 Å². The molecule has 0 atom stereocenters. The summed E-state index contributed by atoms with van der Waals surface area (Å²) in [6.45, 7) is 4.69. The molecule has 6 aromatic carbocycles. The van der Waals surface area contributed by atoms with Crippen LogP contribution in [-0.2, 0) is 11.8 Å². The van der Waals surface area contributed by atoms with Crippen LogP contribution in [-0.4, -0.2) is 19.5 Å². The van der Waals surface area contributed by atoms with Crippen molar-refractivity contribution >= 4 is 44.4 Å². The first-order chi connectivity index (χ1) is 26.0. The molecule has 0 spiro atoms. The Morgan fingerprint density at radius 1 is 0.585 bits per heavy atom. The lowest BCUT2D eigenvalue weighted by molar-refractivity contribution is 0.547. The molecule has 0 N–H and O–H groups in total. The zero-order valence-corrected chi connectivity index (χ0v) is 29.5. The lowest BCUT2D eigenvalue weighted by Gasteiger charge is -2.21. The molecule has 0 fully saturated rings. The Balaban J connectivity index is 1.10. The van der Waals surface area contributed by atoms with Gasteiger partial charge in [-0.3, -0.25) is 0 Å². The van der Waals surface area contributed by atoms with Gasteiger partial charge < -0.3 is 8.98 Å². The normalized spacial score (nSPS) is 14.3. The lowest BCUT2D eigenvalue weighted by Crippen LogP contribution is -2.14. The molecule has 53 heavy (non-hydrogen) atoms. The largest absolute Gasteiger partial charge is 0.460 e. The molecule has 0 amide bonds. The minimum atomic E-state index is -0.0733. The van der Waals surface area contributed by atoms with Crippen LogP contribution in [0.1, 0.15) is 48.5 Å². The number of rotatable bonds is 4. The van der Waals surface area contributed by atoms with Crippen molar-refractivity contribution in [3.63, 3.8) is 0 Å². The number of nitrogens with zero attached hydrogens (tertiary/aromatic N) is 4. The van der Waals surface area contributed by atoms with Gasteiger partial charge >= 0.3 is 0 Å². The minimum absolute atomic E-state index is 0.0733. The maximum absolute atomic E-state index is 6.22. The fourth-order valence-electron chi connectivity index (χ4n) is 8.81. The second-order valence-corrected chi connectivity index (χ2v) is 14.7. The van der Waals surface area contributed by atoms with E-state index in [1.165, 1.54) is 44.1 Å². The van der Waals surface area contributed by atoms with Gasteiger partial charge in [0.25, 0.3) is 0 Å². The molecule has 0 bridgehead atoms. The van der Waals surface area contributed by atoms with Crippen LogP contribution in [0.4, 0.5) is 0 Å². The highest BCUT2D eigenvalue weighted by molar-refractivity contribution is 6.18. The van der Waals surface area contributed by atoms with E-state index in [4.69, 9.17) is 19.4 Å². The summed E-state index contributed by atoms with van der Waals surface area (Å²) >= 11 is 0. The van der Waals surface area contributed by atoms with Crippen molar-refractivity contribution in [2.75, 3.05) is 0 Å². The lowest BCUT2D eigenvalue weighted by atomic mass is 9.82. The summed E-state index contributed by atoms with van der Waals surface area (Å²) in [6, 6.07) is 49.4. The molecule has 2 aliphatic carbocycles. The van der Waals surface area contributed by atoms with Gasteiger partial charge in [-0.05, 0) is 70.7 Å². The van der Waals surface area contributed by atoms with Gasteiger partial charge in [-0.2, -0.15) is 0 Å². The Hall–Kier alpha value is -6.59. The van der Waals surface area contributed by atoms with Crippen LogP contribution >= 0.6 is 0 Å². The molecule has 5 nitrogen and oxygen atoms in total. The van der Waals surface area contributed by atoms with Gasteiger partial charge in [0.15, 0.2) is 17.5 Å². The summed E-state index contributed by atoms with van der Waals surface area (Å²) in [4.78, 5) is 15.4. The third kappa shape index (κ3) is 4.47. The van der Waals surface area contributed by atoms with Gasteiger partial charge in [0.1, 0.15) is 11.3 Å². The maximum atomic E-state index is 6.22. The van der Waals surface area contributed by atoms with Crippen molar-refractivity contribution in [3.8, 4) is 39.6 Å². The van der Waals surface area contributed by atoms with Crippen LogP contribution in [0.5, 0.6) is 0 Å². The van der Waals surface area contributed by atoms with Gasteiger partial charge in [0.2, 0.25) is 0 Å². The van der Waals surface area contributed by atoms with E-state index in [2.05, 4.69) is 134 Å². The second kappa shape index (κ2) is 11.2. The molecular weight excluding hydrogens is 649 g/mol. The first kappa shape index (κ1) is 30.1. The minimum Gasteiger partial charge on any atom is -0.460 e. The number of hydrogen-bond acceptors (Lipinski definition) is 4. The van der Waals surface area contributed by atoms with Crippen molar-refractivity contribution in [3.05, 3.63) is 168 Å². The highest BCUT2D eigenvalue weighted by Crippen LogP contribution is 2.53. The third-order valence-corrected chi connectivity index (χ3v) is 11.3. The van der Waals surface area contributed by atoms with E-state index < -0.39 is 0 Å². The standard InChI is InChI=1S/C48H34N4O/c1-48(2)37-20-9-6-18-34(37)43-38(48)24-25-40-44(43)35-19-7-10-21-39(35)52(40)32-16-12-15-30(27-32)46-49-45(29-13-4-3-5-14-29)50-47(51-46)31-23-26-42-36(28-31)33-17-8-11-22-41(33)53-42/h3-22,24-25,27-28H,23,26H2,1-2H3. The van der Waals surface area contributed by atoms with E-state index in [0.29, 0.717) is 17.5 Å². The fraction of sp³-hybridized carbons (Fsp3) is 0.104. The number of benzene rings is 6. The first-order valence-corrected chi connectivity index (χ1v) is 18.3. The Bertz CT molecular complexity index is 2980. The Labute approximate surface area is 306 Å². The van der Waals surface area contributed by atoms with Crippen LogP contribution in [0.3, 0.4) is 0 Å². The number of fused-ring (bicyclic) bond motifs is 10. The summed E-state index contributed by atoms with van der Waals surface area (Å²) in [7, 11) is 0. The maximum Gasteiger partial charge on any atom is 0.164 e. The number of para-hydroxylation sites is 2. The zero-order valence-electron chi connectivity index (χ0n) is 29.5. The van der Waals surface area contributed by atoms with E-state index in [0.717, 1.165) is 57.5 Å². The van der Waals surface area contributed by atoms with E-state index in [1.807, 2.05) is 30.3 Å². The molecule has 3 aromatic heterocycles. The Kier molecular flexibility index (Phi) is 6.36. The SMILES string of the molecule is CC1(C)c2ccccc2-c2c1ccc1c2c2ccccc2n1-c1cccc(-c2nc(C3=Cc4c(oc5ccccc45)CC3)nc(-c3ccccc3)n2)c1. The highest BCUT2D eigenvalue weighted by atomic mass is 16.3. The van der Waals surface area contributed by atoms with Gasteiger partial charge in [-0.1, -0.05) is 123 Å². The molecule has 0 aliphatic heterocycles. The van der Waals surface area contributed by atoms with Gasteiger partial charge in [0, 0.05) is 50.4 Å². The van der Waals surface area contributed by atoms with E-state index >= 15 is 0 Å². The fourth-order valence-corrected chi connectivity index (χ4v) is 8.81. The quantitative estimate of drug-likeness (QED) is 0.185. The van der Waals surface area contributed by atoms with E-state index in [-0.39, 0.29) is 5.41 Å². The first-order valence-electron chi connectivity index (χ1n) is 18.3. The highest BCUT2D eigenvalue weighted by Gasteiger charge is 2.37. The Morgan fingerprint density at radius 2 is 1.30 bits per heavy atom. The molecule has 3 heterocycles. The molecule has 252 valence electrons. The average molecular weight is 683 g/mol. The number of hydrogen-bond donors (Lipinski definition) is 0. The second-order valence-electron chi connectivity index (χ2n) is 14.7. The number of furan rings is 1. The summed E-state index contributed by atoms with van der Waals surface area (Å²) in [6.07, 6.45) is 3.80. The summed E-state index contributed by atoms with van der Waals surface area (Å²) in [5.41, 5.74) is 13.8. The van der Waals surface area contributed by atoms with Crippen molar-refractivity contribution in [1.29, 1.82) is 0 Å². The van der Waals surface area contributed by atoms with Crippen LogP contribution in [0.25, 0.3) is 84.0 Å².